The van der Waals surface area contributed by atoms with Crippen LogP contribution in [-0.2, 0) is 38.1 Å². The van der Waals surface area contributed by atoms with Crippen molar-refractivity contribution in [3.8, 4) is 17.2 Å². The molecule has 15 nitrogen and oxygen atoms in total. The summed E-state index contributed by atoms with van der Waals surface area (Å²) in [5, 5.41) is 42.8. The highest BCUT2D eigenvalue weighted by Gasteiger charge is 2.47. The Kier molecular flexibility index (Phi) is 15.5. The summed E-state index contributed by atoms with van der Waals surface area (Å²) < 4.78 is 23.0. The minimum Gasteiger partial charge on any atom is -0.463 e. The molecule has 346 valence electrons. The third-order valence-electron chi connectivity index (χ3n) is 11.8. The fraction of sp³-hybridized carbons (Fsp3) is 0.275. The number of fused-ring (bicyclic) bond motifs is 3. The van der Waals surface area contributed by atoms with Crippen LogP contribution < -0.4 is 31.9 Å². The van der Waals surface area contributed by atoms with E-state index in [4.69, 9.17) is 18.9 Å². The number of alkyl carbamates (subject to hydrolysis) is 1. The Bertz CT molecular complexity index is 2540. The molecule has 1 fully saturated rings. The summed E-state index contributed by atoms with van der Waals surface area (Å²) >= 11 is 0. The molecule has 7 rings (SSSR count). The maximum Gasteiger partial charge on any atom is 0.407 e. The lowest BCUT2D eigenvalue weighted by molar-refractivity contribution is -0.282. The molecule has 2 aliphatic rings. The number of ketones is 1. The zero-order valence-electron chi connectivity index (χ0n) is 37.0. The van der Waals surface area contributed by atoms with Crippen molar-refractivity contribution in [3.63, 3.8) is 0 Å². The second-order valence-corrected chi connectivity index (χ2v) is 19.5. The largest absolute Gasteiger partial charge is 0.463 e. The van der Waals surface area contributed by atoms with Crippen molar-refractivity contribution in [2.24, 2.45) is 0 Å². The first-order valence-corrected chi connectivity index (χ1v) is 23.5. The van der Waals surface area contributed by atoms with Crippen molar-refractivity contribution < 1.29 is 53.1 Å². The Labute approximate surface area is 388 Å². The second kappa shape index (κ2) is 21.6. The topological polar surface area (TPSA) is 223 Å². The standard InChI is InChI=1S/C51H51N4O11P/c1-31(65-50-46(54-32(2)56)48(60)47(59)43(66-50)30-63-33(3)57)45(55-51(62)64-29-41-39-25-15-13-23-37(39)38-24-14-16-26-40(38)41)49(61)53-28-42(58)44(27-52)67(34-17-7-4-8-18-34,35-19-9-5-10-20-35)36-21-11-6-12-22-36/h4-26,31,41,43,45-48,50,59-60H,28-30H2,1-3H3,(H,53,61)(H,54,56)(H,55,62)/t31-,43+,45-,46+,47-,48+,50-/m0/s1. The Morgan fingerprint density at radius 1 is 0.716 bits per heavy atom. The number of nitrogens with one attached hydrogen (secondary N) is 3. The third kappa shape index (κ3) is 10.4. The highest BCUT2D eigenvalue weighted by Crippen LogP contribution is 2.47. The van der Waals surface area contributed by atoms with Gasteiger partial charge in [0.2, 0.25) is 11.8 Å². The van der Waals surface area contributed by atoms with E-state index in [9.17, 15) is 39.4 Å². The number of nitriles is 1. The Morgan fingerprint density at radius 2 is 1.22 bits per heavy atom. The number of aliphatic hydroxyl groups excluding tert-OH is 2. The molecule has 0 aromatic heterocycles. The van der Waals surface area contributed by atoms with Crippen molar-refractivity contribution in [1.29, 1.82) is 5.26 Å². The summed E-state index contributed by atoms with van der Waals surface area (Å²) in [6.45, 7) is -0.707. The van der Waals surface area contributed by atoms with Crippen LogP contribution in [0.1, 0.15) is 37.8 Å². The summed E-state index contributed by atoms with van der Waals surface area (Å²) in [5.74, 6) is -3.23. The van der Waals surface area contributed by atoms with Crippen molar-refractivity contribution >= 4 is 57.8 Å². The number of rotatable bonds is 16. The highest BCUT2D eigenvalue weighted by atomic mass is 31.2. The van der Waals surface area contributed by atoms with Gasteiger partial charge in [0.05, 0.1) is 12.6 Å². The Hall–Kier alpha value is -6.92. The van der Waals surface area contributed by atoms with Gasteiger partial charge in [-0.25, -0.2) is 4.79 Å². The smallest absolute Gasteiger partial charge is 0.407 e. The lowest BCUT2D eigenvalue weighted by Gasteiger charge is -2.43. The molecule has 0 unspecified atom stereocenters. The Balaban J connectivity index is 1.20. The van der Waals surface area contributed by atoms with Gasteiger partial charge in [0, 0.05) is 19.8 Å². The maximum absolute atomic E-state index is 14.6. The number of benzene rings is 5. The Morgan fingerprint density at radius 3 is 1.72 bits per heavy atom. The predicted octanol–water partition coefficient (Wildman–Crippen LogP) is 3.19. The summed E-state index contributed by atoms with van der Waals surface area (Å²) in [4.78, 5) is 67.0. The van der Waals surface area contributed by atoms with Crippen LogP contribution in [0.25, 0.3) is 11.1 Å². The average Bonchev–Trinajstić information content (AvgIpc) is 3.66. The van der Waals surface area contributed by atoms with E-state index < -0.39 is 92.5 Å². The SMILES string of the molecule is CC(=O)N[C@H]1[C@@H](O[C@@H](C)[C@H](NC(=O)OCC2c3ccccc3-c3ccccc32)C(=O)NCC(=O)C(C#N)=P(c2ccccc2)(c2ccccc2)c2ccccc2)O[C@H](COC(C)=O)[C@H](O)[C@@H]1O. The monoisotopic (exact) mass is 926 g/mol. The van der Waals surface area contributed by atoms with Crippen molar-refractivity contribution in [1.82, 2.24) is 16.0 Å². The van der Waals surface area contributed by atoms with E-state index in [2.05, 4.69) is 22.0 Å². The highest BCUT2D eigenvalue weighted by molar-refractivity contribution is 7.97. The molecule has 1 aliphatic heterocycles. The third-order valence-corrected chi connectivity index (χ3v) is 16.0. The number of aliphatic hydroxyl groups is 2. The van der Waals surface area contributed by atoms with E-state index in [0.717, 1.165) is 45.1 Å². The minimum absolute atomic E-state index is 0.0816. The van der Waals surface area contributed by atoms with Gasteiger partial charge < -0.3 is 45.1 Å². The molecular weight excluding hydrogens is 876 g/mol. The number of carbonyl (C=O) groups excluding carboxylic acids is 5. The first-order chi connectivity index (χ1) is 32.3. The van der Waals surface area contributed by atoms with Crippen molar-refractivity contribution in [3.05, 3.63) is 151 Å². The molecule has 0 spiro atoms. The molecule has 1 heterocycles. The van der Waals surface area contributed by atoms with Crippen LogP contribution in [0.3, 0.4) is 0 Å². The molecule has 0 radical (unpaired) electrons. The van der Waals surface area contributed by atoms with Crippen LogP contribution in [0.5, 0.6) is 0 Å². The minimum atomic E-state index is -3.17. The van der Waals surface area contributed by atoms with Gasteiger partial charge in [0.25, 0.3) is 0 Å². The van der Waals surface area contributed by atoms with E-state index in [1.807, 2.05) is 140 Å². The van der Waals surface area contributed by atoms with E-state index >= 15 is 0 Å². The molecule has 16 heteroatoms. The van der Waals surface area contributed by atoms with E-state index in [1.165, 1.54) is 13.8 Å². The van der Waals surface area contributed by atoms with Gasteiger partial charge in [-0.15, -0.1) is 0 Å². The molecule has 1 aliphatic carbocycles. The number of hydrogen-bond acceptors (Lipinski definition) is 12. The van der Waals surface area contributed by atoms with Crippen LogP contribution >= 0.6 is 6.89 Å². The van der Waals surface area contributed by atoms with Crippen molar-refractivity contribution in [2.45, 2.75) is 69.5 Å². The van der Waals surface area contributed by atoms with E-state index in [0.29, 0.717) is 0 Å². The number of ether oxygens (including phenoxy) is 4. The molecular formula is C51H51N4O11P. The molecule has 1 saturated heterocycles. The first-order valence-electron chi connectivity index (χ1n) is 21.7. The lowest BCUT2D eigenvalue weighted by Crippen LogP contribution is -2.66. The first kappa shape index (κ1) is 48.0. The number of amides is 3. The van der Waals surface area contributed by atoms with Crippen LogP contribution in [0.2, 0.25) is 0 Å². The van der Waals surface area contributed by atoms with Gasteiger partial charge in [-0.1, -0.05) is 140 Å². The fourth-order valence-corrected chi connectivity index (χ4v) is 12.8. The summed E-state index contributed by atoms with van der Waals surface area (Å²) in [5.41, 5.74) is 3.91. The van der Waals surface area contributed by atoms with E-state index in [1.54, 1.807) is 0 Å². The van der Waals surface area contributed by atoms with Gasteiger partial charge in [0.15, 0.2) is 12.1 Å². The number of hydrogen-bond donors (Lipinski definition) is 5. The average molecular weight is 927 g/mol. The van der Waals surface area contributed by atoms with Crippen molar-refractivity contribution in [2.75, 3.05) is 19.8 Å². The molecule has 0 bridgehead atoms. The number of nitrogens with zero attached hydrogens (tertiary/aromatic N) is 1. The van der Waals surface area contributed by atoms with Gasteiger partial charge >= 0.3 is 12.1 Å². The second-order valence-electron chi connectivity index (χ2n) is 16.1. The zero-order chi connectivity index (χ0) is 47.7. The number of carbonyl (C=O) groups is 5. The molecule has 67 heavy (non-hydrogen) atoms. The summed E-state index contributed by atoms with van der Waals surface area (Å²) in [6, 6.07) is 42.5. The summed E-state index contributed by atoms with van der Waals surface area (Å²) in [6.07, 6.45) is -8.62. The van der Waals surface area contributed by atoms with Gasteiger partial charge in [-0.05, 0) is 52.0 Å². The molecule has 0 saturated carbocycles. The molecule has 5 aromatic carbocycles. The molecule has 7 atom stereocenters. The fourth-order valence-electron chi connectivity index (χ4n) is 8.70. The van der Waals surface area contributed by atoms with E-state index in [-0.39, 0.29) is 17.8 Å². The molecule has 3 amide bonds. The predicted molar refractivity (Wildman–Crippen MR) is 251 cm³/mol. The van der Waals surface area contributed by atoms with Crippen LogP contribution in [0.4, 0.5) is 4.79 Å². The van der Waals surface area contributed by atoms with Gasteiger partial charge in [-0.3, -0.25) is 19.2 Å². The molecule has 5 N–H and O–H groups in total. The van der Waals surface area contributed by atoms with Crippen LogP contribution in [-0.4, -0.2) is 108 Å². The van der Waals surface area contributed by atoms with Crippen LogP contribution in [0, 0.1) is 11.3 Å². The summed E-state index contributed by atoms with van der Waals surface area (Å²) in [7, 11) is 0. The molecule has 5 aromatic rings. The van der Waals surface area contributed by atoms with Gasteiger partial charge in [-0.2, -0.15) is 5.26 Å². The normalized spacial score (nSPS) is 19.6. The number of esters is 1. The number of Topliss-reactive ketones (excluding diaryl/α,β-unsaturated/α-hetero) is 1. The quantitative estimate of drug-likeness (QED) is 0.0712. The van der Waals surface area contributed by atoms with Gasteiger partial charge in [0.1, 0.15) is 55.0 Å². The van der Waals surface area contributed by atoms with Crippen LogP contribution in [0.15, 0.2) is 140 Å². The lowest BCUT2D eigenvalue weighted by atomic mass is 9.96. The zero-order valence-corrected chi connectivity index (χ0v) is 37.9. The maximum atomic E-state index is 14.6.